The zero-order valence-corrected chi connectivity index (χ0v) is 10.7. The van der Waals surface area contributed by atoms with E-state index in [-0.39, 0.29) is 0 Å². The van der Waals surface area contributed by atoms with E-state index in [1.165, 1.54) is 0 Å². The maximum absolute atomic E-state index is 10.8. The minimum atomic E-state index is -0.676. The van der Waals surface area contributed by atoms with Crippen molar-refractivity contribution in [3.8, 4) is 0 Å². The summed E-state index contributed by atoms with van der Waals surface area (Å²) in [5.74, 6) is 0.403. The molecule has 0 radical (unpaired) electrons. The van der Waals surface area contributed by atoms with Crippen LogP contribution in [0.3, 0.4) is 0 Å². The highest BCUT2D eigenvalue weighted by Gasteiger charge is 2.46. The second kappa shape index (κ2) is 3.79. The fraction of sp³-hybridized carbons (Fsp3) is 0.583. The van der Waals surface area contributed by atoms with Gasteiger partial charge in [-0.15, -0.1) is 0 Å². The topological polar surface area (TPSA) is 36.4 Å². The number of hydrogen-bond acceptors (Lipinski definition) is 3. The lowest BCUT2D eigenvalue weighted by atomic mass is 9.72. The van der Waals surface area contributed by atoms with E-state index >= 15 is 0 Å². The summed E-state index contributed by atoms with van der Waals surface area (Å²) in [6.45, 7) is 3.04. The van der Waals surface area contributed by atoms with Gasteiger partial charge in [0.05, 0.1) is 0 Å². The van der Waals surface area contributed by atoms with Crippen molar-refractivity contribution >= 4 is 15.9 Å². The number of aromatic nitrogens is 1. The maximum Gasteiger partial charge on any atom is 0.107 e. The molecule has 1 aromatic heterocycles. The number of aliphatic hydroxyl groups is 1. The Morgan fingerprint density at radius 3 is 2.62 bits per heavy atom. The molecule has 0 aromatic carbocycles. The zero-order chi connectivity index (χ0) is 11.2. The van der Waals surface area contributed by atoms with E-state index in [9.17, 15) is 5.11 Å². The molecule has 1 unspecified atom stereocenters. The summed E-state index contributed by atoms with van der Waals surface area (Å²) in [6.07, 6.45) is 4.00. The largest absolute Gasteiger partial charge is 0.383 e. The van der Waals surface area contributed by atoms with Crippen LogP contribution in [0, 0.1) is 5.92 Å². The Balaban J connectivity index is 1.95. The smallest absolute Gasteiger partial charge is 0.107 e. The van der Waals surface area contributed by atoms with Crippen LogP contribution in [-0.4, -0.2) is 34.6 Å². The van der Waals surface area contributed by atoms with Crippen LogP contribution in [0.25, 0.3) is 0 Å². The fourth-order valence-corrected chi connectivity index (χ4v) is 3.23. The first kappa shape index (κ1) is 10.7. The van der Waals surface area contributed by atoms with Crippen molar-refractivity contribution in [1.29, 1.82) is 0 Å². The van der Waals surface area contributed by atoms with E-state index in [0.29, 0.717) is 5.92 Å². The Hall–Kier alpha value is -0.450. The first-order valence-electron chi connectivity index (χ1n) is 5.75. The van der Waals surface area contributed by atoms with Crippen molar-refractivity contribution in [2.45, 2.75) is 18.4 Å². The number of piperidine rings is 3. The van der Waals surface area contributed by atoms with Crippen molar-refractivity contribution < 1.29 is 5.11 Å². The average molecular weight is 283 g/mol. The summed E-state index contributed by atoms with van der Waals surface area (Å²) >= 11 is 3.32. The average Bonchev–Trinajstić information content (AvgIpc) is 2.31. The molecule has 1 N–H and O–H groups in total. The number of pyridine rings is 1. The van der Waals surface area contributed by atoms with Crippen molar-refractivity contribution in [2.75, 3.05) is 19.6 Å². The first-order chi connectivity index (χ1) is 7.68. The van der Waals surface area contributed by atoms with Gasteiger partial charge in [0.25, 0.3) is 0 Å². The molecular weight excluding hydrogens is 268 g/mol. The third kappa shape index (κ3) is 1.60. The fourth-order valence-electron chi connectivity index (χ4n) is 3.00. The molecular formula is C12H15BrN2O. The molecule has 1 atom stereocenters. The summed E-state index contributed by atoms with van der Waals surface area (Å²) in [6, 6.07) is 3.89. The van der Waals surface area contributed by atoms with Crippen molar-refractivity contribution in [3.05, 3.63) is 28.5 Å². The van der Waals surface area contributed by atoms with E-state index in [4.69, 9.17) is 0 Å². The van der Waals surface area contributed by atoms with Crippen molar-refractivity contribution in [3.63, 3.8) is 0 Å². The standard InChI is InChI=1S/C12H15BrN2O/c13-11-2-1-10(7-14-11)12(16)8-15-5-3-9(12)4-6-15/h1-2,7,9,16H,3-6,8H2. The van der Waals surface area contributed by atoms with Gasteiger partial charge < -0.3 is 10.0 Å². The second-order valence-corrected chi connectivity index (χ2v) is 5.66. The van der Waals surface area contributed by atoms with Crippen molar-refractivity contribution in [2.24, 2.45) is 5.92 Å². The molecule has 86 valence electrons. The summed E-state index contributed by atoms with van der Waals surface area (Å²) in [5, 5.41) is 10.8. The lowest BCUT2D eigenvalue weighted by molar-refractivity contribution is -0.118. The van der Waals surface area contributed by atoms with E-state index in [1.54, 1.807) is 6.20 Å². The molecule has 0 amide bonds. The quantitative estimate of drug-likeness (QED) is 0.798. The summed E-state index contributed by atoms with van der Waals surface area (Å²) in [7, 11) is 0. The van der Waals surface area contributed by atoms with Gasteiger partial charge >= 0.3 is 0 Å². The molecule has 3 aliphatic rings. The molecule has 0 saturated carbocycles. The van der Waals surface area contributed by atoms with Gasteiger partial charge in [-0.2, -0.15) is 0 Å². The lowest BCUT2D eigenvalue weighted by Crippen LogP contribution is -2.57. The molecule has 0 spiro atoms. The van der Waals surface area contributed by atoms with Crippen LogP contribution >= 0.6 is 15.9 Å². The summed E-state index contributed by atoms with van der Waals surface area (Å²) < 4.78 is 0.820. The zero-order valence-electron chi connectivity index (χ0n) is 9.06. The Bertz CT molecular complexity index is 387. The minimum absolute atomic E-state index is 0.403. The third-order valence-electron chi connectivity index (χ3n) is 3.95. The normalized spacial score (nSPS) is 37.6. The number of hydrogen-bond donors (Lipinski definition) is 1. The first-order valence-corrected chi connectivity index (χ1v) is 6.54. The van der Waals surface area contributed by atoms with Crippen LogP contribution in [0.4, 0.5) is 0 Å². The third-order valence-corrected chi connectivity index (χ3v) is 4.42. The van der Waals surface area contributed by atoms with Gasteiger partial charge in [0.15, 0.2) is 0 Å². The predicted molar refractivity (Wildman–Crippen MR) is 65.0 cm³/mol. The maximum atomic E-state index is 10.8. The van der Waals surface area contributed by atoms with Gasteiger partial charge in [-0.3, -0.25) is 0 Å². The SMILES string of the molecule is OC1(c2ccc(Br)nc2)CN2CCC1CC2. The molecule has 4 heterocycles. The Morgan fingerprint density at radius 2 is 2.12 bits per heavy atom. The molecule has 3 nitrogen and oxygen atoms in total. The highest BCUT2D eigenvalue weighted by atomic mass is 79.9. The monoisotopic (exact) mass is 282 g/mol. The molecule has 0 aliphatic carbocycles. The minimum Gasteiger partial charge on any atom is -0.383 e. The van der Waals surface area contributed by atoms with E-state index in [1.807, 2.05) is 12.1 Å². The molecule has 3 fully saturated rings. The van der Waals surface area contributed by atoms with E-state index < -0.39 is 5.60 Å². The van der Waals surface area contributed by atoms with Gasteiger partial charge in [0, 0.05) is 18.3 Å². The van der Waals surface area contributed by atoms with E-state index in [0.717, 1.165) is 42.6 Å². The molecule has 3 aliphatic heterocycles. The highest BCUT2D eigenvalue weighted by Crippen LogP contribution is 2.42. The number of fused-ring (bicyclic) bond motifs is 3. The highest BCUT2D eigenvalue weighted by molar-refractivity contribution is 9.10. The van der Waals surface area contributed by atoms with Crippen LogP contribution in [-0.2, 0) is 5.60 Å². The van der Waals surface area contributed by atoms with Crippen LogP contribution in [0.15, 0.2) is 22.9 Å². The number of nitrogens with zero attached hydrogens (tertiary/aromatic N) is 2. The Kier molecular flexibility index (Phi) is 2.53. The van der Waals surface area contributed by atoms with Gasteiger partial charge in [-0.1, -0.05) is 6.07 Å². The van der Waals surface area contributed by atoms with Crippen LogP contribution in [0.2, 0.25) is 0 Å². The van der Waals surface area contributed by atoms with Gasteiger partial charge in [0.2, 0.25) is 0 Å². The van der Waals surface area contributed by atoms with Crippen LogP contribution in [0.1, 0.15) is 18.4 Å². The number of rotatable bonds is 1. The van der Waals surface area contributed by atoms with Crippen LogP contribution < -0.4 is 0 Å². The lowest BCUT2D eigenvalue weighted by Gasteiger charge is -2.50. The molecule has 16 heavy (non-hydrogen) atoms. The van der Waals surface area contributed by atoms with Crippen LogP contribution in [0.5, 0.6) is 0 Å². The molecule has 4 rings (SSSR count). The number of halogens is 1. The molecule has 3 saturated heterocycles. The molecule has 2 bridgehead atoms. The van der Waals surface area contributed by atoms with Gasteiger partial charge in [-0.25, -0.2) is 4.98 Å². The predicted octanol–water partition coefficient (Wildman–Crippen LogP) is 1.76. The molecule has 1 aromatic rings. The van der Waals surface area contributed by atoms with Gasteiger partial charge in [-0.05, 0) is 53.8 Å². The summed E-state index contributed by atoms with van der Waals surface area (Å²) in [4.78, 5) is 6.57. The Labute approximate surface area is 104 Å². The summed E-state index contributed by atoms with van der Waals surface area (Å²) in [5.41, 5.74) is 0.287. The van der Waals surface area contributed by atoms with E-state index in [2.05, 4.69) is 25.8 Å². The van der Waals surface area contributed by atoms with Gasteiger partial charge in [0.1, 0.15) is 10.2 Å². The van der Waals surface area contributed by atoms with Crippen molar-refractivity contribution in [1.82, 2.24) is 9.88 Å². The Morgan fingerprint density at radius 1 is 1.38 bits per heavy atom. The second-order valence-electron chi connectivity index (χ2n) is 4.84. The molecule has 4 heteroatoms.